The minimum absolute atomic E-state index is 0.0232. The highest BCUT2D eigenvalue weighted by Crippen LogP contribution is 2.30. The number of β-amino-alcohol motifs (C(OH)–C–C–N with tert-alkyl or cyclic N) is 1. The maximum atomic E-state index is 13.4. The molecular weight excluding hydrogens is 506 g/mol. The van der Waals surface area contributed by atoms with Crippen molar-refractivity contribution >= 4 is 40.4 Å². The summed E-state index contributed by atoms with van der Waals surface area (Å²) in [4.78, 5) is 50.0. The lowest BCUT2D eigenvalue weighted by molar-refractivity contribution is -0.130. The van der Waals surface area contributed by atoms with Crippen LogP contribution in [0.1, 0.15) is 70.1 Å². The number of nitrogens with zero attached hydrogens (tertiary/aromatic N) is 3. The first-order valence-corrected chi connectivity index (χ1v) is 13.5. The van der Waals surface area contributed by atoms with Gasteiger partial charge in [-0.05, 0) is 74.1 Å². The van der Waals surface area contributed by atoms with Crippen LogP contribution in [0.5, 0.6) is 0 Å². The van der Waals surface area contributed by atoms with Crippen molar-refractivity contribution in [2.75, 3.05) is 26.2 Å². The van der Waals surface area contributed by atoms with Crippen LogP contribution in [0.3, 0.4) is 0 Å². The molecule has 0 saturated carbocycles. The van der Waals surface area contributed by atoms with E-state index in [1.807, 2.05) is 11.0 Å². The van der Waals surface area contributed by atoms with Crippen molar-refractivity contribution in [2.45, 2.75) is 50.5 Å². The van der Waals surface area contributed by atoms with Crippen LogP contribution in [-0.4, -0.2) is 74.9 Å². The Bertz CT molecular complexity index is 1370. The predicted octanol–water partition coefficient (Wildman–Crippen LogP) is 3.25. The standard InChI is InChI=1S/C28H32ClN5O4/c29-20-5-7-23-24(15-20)32-27(31-23)18(4-8-25(36)34-12-9-21(35)16-34)14-19-13-17(26(30)37)3-6-22(19)28(38)33-10-1-2-11-33/h3,5-7,13,15,18,21,35H,1-2,4,8-12,14,16H2,(H2,30,37)(H,31,32)/t18-,21-/m0/s1. The van der Waals surface area contributed by atoms with Gasteiger partial charge in [0.15, 0.2) is 0 Å². The van der Waals surface area contributed by atoms with Crippen LogP contribution >= 0.6 is 11.6 Å². The minimum Gasteiger partial charge on any atom is -0.391 e. The van der Waals surface area contributed by atoms with Crippen molar-refractivity contribution in [3.8, 4) is 0 Å². The average molecular weight is 538 g/mol. The molecule has 0 aliphatic carbocycles. The Morgan fingerprint density at radius 1 is 1.11 bits per heavy atom. The van der Waals surface area contributed by atoms with Gasteiger partial charge in [0.05, 0.1) is 17.1 Å². The number of nitrogens with one attached hydrogen (secondary N) is 1. The Labute approximate surface area is 226 Å². The predicted molar refractivity (Wildman–Crippen MR) is 144 cm³/mol. The van der Waals surface area contributed by atoms with E-state index in [-0.39, 0.29) is 24.2 Å². The fraction of sp³-hybridized carbons (Fsp3) is 0.429. The molecule has 0 bridgehead atoms. The highest BCUT2D eigenvalue weighted by Gasteiger charge is 2.28. The molecule has 10 heteroatoms. The molecule has 4 N–H and O–H groups in total. The average Bonchev–Trinajstić information content (AvgIpc) is 3.66. The van der Waals surface area contributed by atoms with Crippen molar-refractivity contribution in [1.29, 1.82) is 0 Å². The van der Waals surface area contributed by atoms with Crippen molar-refractivity contribution < 1.29 is 19.5 Å². The normalized spacial score (nSPS) is 18.3. The fourth-order valence-corrected chi connectivity index (χ4v) is 5.60. The van der Waals surface area contributed by atoms with Crippen LogP contribution in [0.15, 0.2) is 36.4 Å². The van der Waals surface area contributed by atoms with Gasteiger partial charge in [-0.1, -0.05) is 11.6 Å². The molecule has 200 valence electrons. The molecule has 2 fully saturated rings. The number of H-pyrrole nitrogens is 1. The lowest BCUT2D eigenvalue weighted by atomic mass is 9.89. The number of hydrogen-bond acceptors (Lipinski definition) is 5. The Hall–Kier alpha value is -3.43. The van der Waals surface area contributed by atoms with Gasteiger partial charge in [0.1, 0.15) is 5.82 Å². The summed E-state index contributed by atoms with van der Waals surface area (Å²) in [5, 5.41) is 10.4. The van der Waals surface area contributed by atoms with E-state index in [4.69, 9.17) is 22.3 Å². The van der Waals surface area contributed by atoms with E-state index in [1.54, 1.807) is 35.2 Å². The smallest absolute Gasteiger partial charge is 0.254 e. The SMILES string of the molecule is NC(=O)c1ccc(C(=O)N2CCCC2)c(C[C@H](CCC(=O)N2CC[C@H](O)C2)c2nc3cc(Cl)ccc3[nH]2)c1. The zero-order valence-electron chi connectivity index (χ0n) is 21.2. The third-order valence-corrected chi connectivity index (χ3v) is 7.79. The number of aliphatic hydroxyl groups is 1. The third kappa shape index (κ3) is 5.68. The van der Waals surface area contributed by atoms with Crippen molar-refractivity contribution in [3.63, 3.8) is 0 Å². The number of aromatic nitrogens is 2. The summed E-state index contributed by atoms with van der Waals surface area (Å²) in [6.45, 7) is 2.31. The molecule has 3 heterocycles. The largest absolute Gasteiger partial charge is 0.391 e. The summed E-state index contributed by atoms with van der Waals surface area (Å²) in [5.41, 5.74) is 8.68. The number of aliphatic hydroxyl groups excluding tert-OH is 1. The summed E-state index contributed by atoms with van der Waals surface area (Å²) < 4.78 is 0. The topological polar surface area (TPSA) is 133 Å². The highest BCUT2D eigenvalue weighted by atomic mass is 35.5. The van der Waals surface area contributed by atoms with E-state index in [9.17, 15) is 19.5 Å². The summed E-state index contributed by atoms with van der Waals surface area (Å²) in [7, 11) is 0. The van der Waals surface area contributed by atoms with E-state index < -0.39 is 12.0 Å². The molecule has 0 radical (unpaired) electrons. The van der Waals surface area contributed by atoms with Crippen LogP contribution in [0.2, 0.25) is 5.02 Å². The number of benzene rings is 2. The number of hydrogen-bond donors (Lipinski definition) is 3. The second-order valence-electron chi connectivity index (χ2n) is 10.2. The molecule has 38 heavy (non-hydrogen) atoms. The van der Waals surface area contributed by atoms with Gasteiger partial charge < -0.3 is 25.6 Å². The van der Waals surface area contributed by atoms with Crippen molar-refractivity contribution in [1.82, 2.24) is 19.8 Å². The highest BCUT2D eigenvalue weighted by molar-refractivity contribution is 6.31. The molecule has 0 spiro atoms. The third-order valence-electron chi connectivity index (χ3n) is 7.55. The second-order valence-corrected chi connectivity index (χ2v) is 10.7. The quantitative estimate of drug-likeness (QED) is 0.406. The number of rotatable bonds is 8. The van der Waals surface area contributed by atoms with E-state index in [0.29, 0.717) is 78.5 Å². The van der Waals surface area contributed by atoms with Gasteiger partial charge in [-0.15, -0.1) is 0 Å². The molecule has 9 nitrogen and oxygen atoms in total. The lowest BCUT2D eigenvalue weighted by Crippen LogP contribution is -2.30. The van der Waals surface area contributed by atoms with Gasteiger partial charge in [-0.3, -0.25) is 14.4 Å². The second kappa shape index (κ2) is 11.1. The molecule has 0 unspecified atom stereocenters. The Kier molecular flexibility index (Phi) is 7.67. The van der Waals surface area contributed by atoms with Gasteiger partial charge in [0.25, 0.3) is 5.91 Å². The molecule has 2 aliphatic rings. The van der Waals surface area contributed by atoms with E-state index in [0.717, 1.165) is 18.4 Å². The summed E-state index contributed by atoms with van der Waals surface area (Å²) in [6.07, 6.45) is 3.17. The number of likely N-dealkylation sites (tertiary alicyclic amines) is 2. The molecule has 2 saturated heterocycles. The van der Waals surface area contributed by atoms with Crippen LogP contribution in [0, 0.1) is 0 Å². The zero-order chi connectivity index (χ0) is 26.8. The lowest BCUT2D eigenvalue weighted by Gasteiger charge is -2.22. The van der Waals surface area contributed by atoms with Gasteiger partial charge >= 0.3 is 0 Å². The van der Waals surface area contributed by atoms with E-state index >= 15 is 0 Å². The molecule has 1 aromatic heterocycles. The number of aromatic amines is 1. The maximum Gasteiger partial charge on any atom is 0.254 e. The fourth-order valence-electron chi connectivity index (χ4n) is 5.43. The van der Waals surface area contributed by atoms with Gasteiger partial charge in [0, 0.05) is 54.7 Å². The molecule has 2 atom stereocenters. The first kappa shape index (κ1) is 26.2. The number of carbonyl (C=O) groups is 3. The zero-order valence-corrected chi connectivity index (χ0v) is 21.9. The number of primary amides is 1. The molecule has 3 aromatic rings. The summed E-state index contributed by atoms with van der Waals surface area (Å²) in [6, 6.07) is 10.4. The molecule has 3 amide bonds. The van der Waals surface area contributed by atoms with Gasteiger partial charge in [-0.2, -0.15) is 0 Å². The van der Waals surface area contributed by atoms with E-state index in [1.165, 1.54) is 0 Å². The first-order chi connectivity index (χ1) is 18.3. The molecule has 2 aliphatic heterocycles. The van der Waals surface area contributed by atoms with Crippen molar-refractivity contribution in [3.05, 3.63) is 63.9 Å². The molecule has 2 aromatic carbocycles. The number of fused-ring (bicyclic) bond motifs is 1. The Morgan fingerprint density at radius 2 is 1.89 bits per heavy atom. The Morgan fingerprint density at radius 3 is 2.61 bits per heavy atom. The van der Waals surface area contributed by atoms with Gasteiger partial charge in [0.2, 0.25) is 11.8 Å². The number of carbonyl (C=O) groups excluding carboxylic acids is 3. The van der Waals surface area contributed by atoms with Crippen molar-refractivity contribution in [2.24, 2.45) is 5.73 Å². The van der Waals surface area contributed by atoms with Crippen LogP contribution in [0.25, 0.3) is 11.0 Å². The minimum atomic E-state index is -0.566. The Balaban J connectivity index is 1.47. The number of nitrogens with two attached hydrogens (primary N) is 1. The van der Waals surface area contributed by atoms with Gasteiger partial charge in [-0.25, -0.2) is 4.98 Å². The first-order valence-electron chi connectivity index (χ1n) is 13.1. The molecular formula is C28H32ClN5O4. The molecule has 5 rings (SSSR count). The van der Waals surface area contributed by atoms with Crippen LogP contribution in [0.4, 0.5) is 0 Å². The maximum absolute atomic E-state index is 13.4. The number of halogens is 1. The number of amides is 3. The van der Waals surface area contributed by atoms with Crippen LogP contribution < -0.4 is 5.73 Å². The van der Waals surface area contributed by atoms with Crippen LogP contribution in [-0.2, 0) is 11.2 Å². The summed E-state index contributed by atoms with van der Waals surface area (Å²) in [5.74, 6) is -0.216. The summed E-state index contributed by atoms with van der Waals surface area (Å²) >= 11 is 6.18. The van der Waals surface area contributed by atoms with E-state index in [2.05, 4.69) is 4.98 Å². The number of imidazole rings is 1. The monoisotopic (exact) mass is 537 g/mol.